The summed E-state index contributed by atoms with van der Waals surface area (Å²) in [6, 6.07) is 8.52. The van der Waals surface area contributed by atoms with Gasteiger partial charge in [-0.1, -0.05) is 18.2 Å². The van der Waals surface area contributed by atoms with Crippen molar-refractivity contribution in [1.29, 1.82) is 0 Å². The number of hydrogen-bond donors (Lipinski definition) is 1. The molecule has 2 aromatic rings. The standard InChI is InChI=1S/C18H21N3O4/c1-4-20(5-2)15(22)11-21-16(23)18(3,19-17(21)24)14-10-12-8-6-7-9-13(12)25-14/h6-10H,4-5,11H2,1-3H3,(H,19,24). The number of carbonyl (C=O) groups excluding carboxylic acids is 3. The van der Waals surface area contributed by atoms with Crippen LogP contribution in [0.25, 0.3) is 11.0 Å². The van der Waals surface area contributed by atoms with E-state index in [2.05, 4.69) is 5.32 Å². The number of benzene rings is 1. The second-order valence-corrected chi connectivity index (χ2v) is 6.16. The maximum atomic E-state index is 12.9. The van der Waals surface area contributed by atoms with Crippen LogP contribution < -0.4 is 5.32 Å². The van der Waals surface area contributed by atoms with E-state index in [-0.39, 0.29) is 12.5 Å². The van der Waals surface area contributed by atoms with Crippen molar-refractivity contribution in [1.82, 2.24) is 15.1 Å². The van der Waals surface area contributed by atoms with Crippen LogP contribution in [0.5, 0.6) is 0 Å². The third-order valence-electron chi connectivity index (χ3n) is 4.60. The maximum absolute atomic E-state index is 12.9. The molecule has 0 saturated carbocycles. The fraction of sp³-hybridized carbons (Fsp3) is 0.389. The summed E-state index contributed by atoms with van der Waals surface area (Å²) in [7, 11) is 0. The second kappa shape index (κ2) is 6.23. The molecular formula is C18H21N3O4. The van der Waals surface area contributed by atoms with E-state index in [1.54, 1.807) is 24.0 Å². The predicted octanol–water partition coefficient (Wildman–Crippen LogP) is 2.07. The molecular weight excluding hydrogens is 322 g/mol. The maximum Gasteiger partial charge on any atom is 0.325 e. The van der Waals surface area contributed by atoms with Crippen molar-refractivity contribution in [3.8, 4) is 0 Å². The first kappa shape index (κ1) is 17.0. The van der Waals surface area contributed by atoms with Crippen LogP contribution in [0.15, 0.2) is 34.7 Å². The number of imide groups is 1. The molecule has 3 rings (SSSR count). The highest BCUT2D eigenvalue weighted by atomic mass is 16.3. The molecule has 0 radical (unpaired) electrons. The zero-order chi connectivity index (χ0) is 18.2. The first-order valence-electron chi connectivity index (χ1n) is 8.31. The van der Waals surface area contributed by atoms with Gasteiger partial charge in [-0.25, -0.2) is 4.79 Å². The van der Waals surface area contributed by atoms with Gasteiger partial charge in [0.2, 0.25) is 5.91 Å². The van der Waals surface area contributed by atoms with Gasteiger partial charge in [0.25, 0.3) is 5.91 Å². The van der Waals surface area contributed by atoms with E-state index in [1.165, 1.54) is 0 Å². The van der Waals surface area contributed by atoms with Gasteiger partial charge in [0.05, 0.1) is 0 Å². The summed E-state index contributed by atoms with van der Waals surface area (Å²) >= 11 is 0. The Balaban J connectivity index is 1.88. The Morgan fingerprint density at radius 3 is 2.56 bits per heavy atom. The van der Waals surface area contributed by atoms with Crippen molar-refractivity contribution in [2.75, 3.05) is 19.6 Å². The molecule has 0 bridgehead atoms. The smallest absolute Gasteiger partial charge is 0.325 e. The van der Waals surface area contributed by atoms with Crippen LogP contribution in [0.3, 0.4) is 0 Å². The van der Waals surface area contributed by atoms with Crippen molar-refractivity contribution < 1.29 is 18.8 Å². The van der Waals surface area contributed by atoms with Crippen LogP contribution in [0.2, 0.25) is 0 Å². The van der Waals surface area contributed by atoms with Crippen LogP contribution in [0.1, 0.15) is 26.5 Å². The molecule has 0 aliphatic carbocycles. The lowest BCUT2D eigenvalue weighted by atomic mass is 9.99. The van der Waals surface area contributed by atoms with E-state index in [9.17, 15) is 14.4 Å². The van der Waals surface area contributed by atoms with Crippen LogP contribution >= 0.6 is 0 Å². The largest absolute Gasteiger partial charge is 0.458 e. The number of amides is 4. The number of furan rings is 1. The fourth-order valence-corrected chi connectivity index (χ4v) is 3.05. The van der Waals surface area contributed by atoms with Gasteiger partial charge in [0.1, 0.15) is 17.9 Å². The summed E-state index contributed by atoms with van der Waals surface area (Å²) in [5.74, 6) is -0.399. The normalized spacial score (nSPS) is 20.2. The van der Waals surface area contributed by atoms with Crippen LogP contribution in [0.4, 0.5) is 4.79 Å². The number of likely N-dealkylation sites (N-methyl/N-ethyl adjacent to an activating group) is 1. The minimum absolute atomic E-state index is 0.262. The van der Waals surface area contributed by atoms with Gasteiger partial charge in [-0.15, -0.1) is 0 Å². The lowest BCUT2D eigenvalue weighted by molar-refractivity contribution is -0.139. The average molecular weight is 343 g/mol. The first-order chi connectivity index (χ1) is 11.9. The molecule has 7 heteroatoms. The van der Waals surface area contributed by atoms with Crippen molar-refractivity contribution in [3.63, 3.8) is 0 Å². The highest BCUT2D eigenvalue weighted by molar-refractivity contribution is 6.09. The Bertz CT molecular complexity index is 807. The number of fused-ring (bicyclic) bond motifs is 1. The third kappa shape index (κ3) is 2.75. The molecule has 1 aliphatic rings. The number of rotatable bonds is 5. The summed E-state index contributed by atoms with van der Waals surface area (Å²) in [5.41, 5.74) is -0.682. The Morgan fingerprint density at radius 1 is 1.24 bits per heavy atom. The highest BCUT2D eigenvalue weighted by Crippen LogP contribution is 2.32. The summed E-state index contributed by atoms with van der Waals surface area (Å²) in [5, 5.41) is 3.51. The lowest BCUT2D eigenvalue weighted by Crippen LogP contribution is -2.44. The Morgan fingerprint density at radius 2 is 1.92 bits per heavy atom. The Hall–Kier alpha value is -2.83. The summed E-state index contributed by atoms with van der Waals surface area (Å²) in [4.78, 5) is 40.0. The van der Waals surface area contributed by atoms with E-state index < -0.39 is 17.5 Å². The summed E-state index contributed by atoms with van der Waals surface area (Å²) in [6.45, 7) is 6.08. The molecule has 1 aliphatic heterocycles. The molecule has 1 N–H and O–H groups in total. The molecule has 1 fully saturated rings. The quantitative estimate of drug-likeness (QED) is 0.843. The minimum atomic E-state index is -1.32. The van der Waals surface area contributed by atoms with E-state index >= 15 is 0 Å². The molecule has 0 spiro atoms. The summed E-state index contributed by atoms with van der Waals surface area (Å²) < 4.78 is 5.76. The summed E-state index contributed by atoms with van der Waals surface area (Å²) in [6.07, 6.45) is 0. The topological polar surface area (TPSA) is 82.9 Å². The van der Waals surface area contributed by atoms with Crippen molar-refractivity contribution in [3.05, 3.63) is 36.1 Å². The fourth-order valence-electron chi connectivity index (χ4n) is 3.05. The molecule has 7 nitrogen and oxygen atoms in total. The average Bonchev–Trinajstić information content (AvgIpc) is 3.12. The molecule has 25 heavy (non-hydrogen) atoms. The Labute approximate surface area is 145 Å². The zero-order valence-electron chi connectivity index (χ0n) is 14.5. The highest BCUT2D eigenvalue weighted by Gasteiger charge is 2.51. The van der Waals surface area contributed by atoms with E-state index in [0.29, 0.717) is 24.4 Å². The van der Waals surface area contributed by atoms with Gasteiger partial charge in [-0.2, -0.15) is 0 Å². The number of hydrogen-bond acceptors (Lipinski definition) is 4. The molecule has 1 atom stereocenters. The molecule has 1 saturated heterocycles. The monoisotopic (exact) mass is 343 g/mol. The molecule has 2 heterocycles. The van der Waals surface area contributed by atoms with Crippen LogP contribution in [0, 0.1) is 0 Å². The molecule has 132 valence electrons. The van der Waals surface area contributed by atoms with Crippen molar-refractivity contribution in [2.45, 2.75) is 26.3 Å². The zero-order valence-corrected chi connectivity index (χ0v) is 14.5. The molecule has 1 aromatic carbocycles. The number of carbonyl (C=O) groups is 3. The van der Waals surface area contributed by atoms with Gasteiger partial charge >= 0.3 is 6.03 Å². The van der Waals surface area contributed by atoms with Crippen molar-refractivity contribution >= 4 is 28.8 Å². The van der Waals surface area contributed by atoms with Crippen LogP contribution in [-0.4, -0.2) is 47.3 Å². The van der Waals surface area contributed by atoms with Crippen LogP contribution in [-0.2, 0) is 15.1 Å². The first-order valence-corrected chi connectivity index (χ1v) is 8.31. The van der Waals surface area contributed by atoms with E-state index in [1.807, 2.05) is 32.0 Å². The van der Waals surface area contributed by atoms with Gasteiger partial charge in [0, 0.05) is 18.5 Å². The number of urea groups is 1. The molecule has 4 amide bonds. The van der Waals surface area contributed by atoms with E-state index in [0.717, 1.165) is 10.3 Å². The number of nitrogens with one attached hydrogen (secondary N) is 1. The lowest BCUT2D eigenvalue weighted by Gasteiger charge is -2.22. The van der Waals surface area contributed by atoms with E-state index in [4.69, 9.17) is 4.42 Å². The minimum Gasteiger partial charge on any atom is -0.458 e. The number of nitrogens with zero attached hydrogens (tertiary/aromatic N) is 2. The van der Waals surface area contributed by atoms with Gasteiger partial charge in [-0.3, -0.25) is 14.5 Å². The molecule has 1 aromatic heterocycles. The van der Waals surface area contributed by atoms with Gasteiger partial charge in [0.15, 0.2) is 5.54 Å². The number of para-hydroxylation sites is 1. The SMILES string of the molecule is CCN(CC)C(=O)CN1C(=O)NC(C)(c2cc3ccccc3o2)C1=O. The molecule has 1 unspecified atom stereocenters. The predicted molar refractivity (Wildman–Crippen MR) is 91.7 cm³/mol. The van der Waals surface area contributed by atoms with Gasteiger partial charge < -0.3 is 14.6 Å². The third-order valence-corrected chi connectivity index (χ3v) is 4.60. The Kier molecular flexibility index (Phi) is 4.24. The second-order valence-electron chi connectivity index (χ2n) is 6.16. The van der Waals surface area contributed by atoms with Crippen molar-refractivity contribution in [2.24, 2.45) is 0 Å². The van der Waals surface area contributed by atoms with Gasteiger partial charge in [-0.05, 0) is 32.9 Å².